The highest BCUT2D eigenvalue weighted by Crippen LogP contribution is 2.34. The third-order valence-electron chi connectivity index (χ3n) is 5.30. The minimum absolute atomic E-state index is 0.0532. The number of hydrogen-bond donors (Lipinski definition) is 2. The first kappa shape index (κ1) is 14.7. The number of piperidine rings is 1. The Kier molecular flexibility index (Phi) is 3.58. The fourth-order valence-electron chi connectivity index (χ4n) is 4.16. The topological polar surface area (TPSA) is 54.3 Å². The van der Waals surface area contributed by atoms with E-state index < -0.39 is 0 Å². The lowest BCUT2D eigenvalue weighted by atomic mass is 9.83. The van der Waals surface area contributed by atoms with E-state index in [1.165, 1.54) is 0 Å². The largest absolute Gasteiger partial charge is 0.392 e. The van der Waals surface area contributed by atoms with Crippen molar-refractivity contribution in [2.45, 2.75) is 32.4 Å². The molecule has 2 unspecified atom stereocenters. The molecule has 0 spiro atoms. The number of aliphatic hydroxyl groups is 1. The fourth-order valence-corrected chi connectivity index (χ4v) is 4.16. The van der Waals surface area contributed by atoms with E-state index in [0.717, 1.165) is 48.4 Å². The van der Waals surface area contributed by atoms with Gasteiger partial charge in [-0.25, -0.2) is 0 Å². The summed E-state index contributed by atoms with van der Waals surface area (Å²) in [5, 5.41) is 13.3. The van der Waals surface area contributed by atoms with Crippen molar-refractivity contribution >= 4 is 0 Å². The minimum atomic E-state index is -0.101. The molecule has 2 N–H and O–H groups in total. The normalized spacial score (nSPS) is 22.7. The van der Waals surface area contributed by atoms with Crippen LogP contribution in [-0.4, -0.2) is 22.8 Å². The van der Waals surface area contributed by atoms with E-state index in [9.17, 15) is 9.90 Å². The van der Waals surface area contributed by atoms with E-state index in [1.54, 1.807) is 0 Å². The molecule has 0 radical (unpaired) electrons. The van der Waals surface area contributed by atoms with Crippen molar-refractivity contribution in [2.24, 2.45) is 5.92 Å². The number of aromatic nitrogens is 1. The lowest BCUT2D eigenvalue weighted by Gasteiger charge is -2.38. The average molecular weight is 310 g/mol. The number of rotatable bonds is 2. The number of aliphatic hydroxyl groups excluding tert-OH is 1. The maximum absolute atomic E-state index is 13.2. The van der Waals surface area contributed by atoms with Crippen LogP contribution in [0.5, 0.6) is 0 Å². The molecule has 0 saturated carbocycles. The van der Waals surface area contributed by atoms with E-state index >= 15 is 0 Å². The molecule has 2 atom stereocenters. The Bertz CT molecular complexity index is 810. The summed E-state index contributed by atoms with van der Waals surface area (Å²) >= 11 is 0. The first-order valence-corrected chi connectivity index (χ1v) is 8.33. The summed E-state index contributed by atoms with van der Waals surface area (Å²) < 4.78 is 1.96. The summed E-state index contributed by atoms with van der Waals surface area (Å²) in [5.74, 6) is 0.912. The zero-order chi connectivity index (χ0) is 16.0. The van der Waals surface area contributed by atoms with Gasteiger partial charge in [0.15, 0.2) is 0 Å². The molecule has 23 heavy (non-hydrogen) atoms. The zero-order valence-corrected chi connectivity index (χ0v) is 13.4. The molecule has 4 rings (SSSR count). The molecule has 2 aromatic rings. The molecule has 4 heteroatoms. The maximum Gasteiger partial charge on any atom is 0.259 e. The Hall–Kier alpha value is -1.91. The number of hydrogen-bond acceptors (Lipinski definition) is 3. The Labute approximate surface area is 135 Å². The van der Waals surface area contributed by atoms with Crippen molar-refractivity contribution in [1.82, 2.24) is 9.88 Å². The monoisotopic (exact) mass is 310 g/mol. The van der Waals surface area contributed by atoms with Crippen LogP contribution in [0.2, 0.25) is 0 Å². The molecule has 1 aromatic heterocycles. The number of aryl methyl sites for hydroxylation is 1. The van der Waals surface area contributed by atoms with Crippen LogP contribution in [0.4, 0.5) is 0 Å². The summed E-state index contributed by atoms with van der Waals surface area (Å²) in [6.45, 7) is 4.60. The lowest BCUT2D eigenvalue weighted by Crippen LogP contribution is -2.45. The van der Waals surface area contributed by atoms with Gasteiger partial charge < -0.3 is 15.0 Å². The molecular formula is C19H22N2O2. The van der Waals surface area contributed by atoms with Crippen LogP contribution < -0.4 is 10.9 Å². The lowest BCUT2D eigenvalue weighted by molar-refractivity contribution is 0.253. The minimum Gasteiger partial charge on any atom is -0.392 e. The second-order valence-corrected chi connectivity index (χ2v) is 6.82. The molecule has 2 bridgehead atoms. The van der Waals surface area contributed by atoms with Gasteiger partial charge in [-0.3, -0.25) is 4.79 Å². The molecule has 0 amide bonds. The Morgan fingerprint density at radius 1 is 1.30 bits per heavy atom. The van der Waals surface area contributed by atoms with E-state index in [0.29, 0.717) is 17.4 Å². The summed E-state index contributed by atoms with van der Waals surface area (Å²) in [4.78, 5) is 13.2. The van der Waals surface area contributed by atoms with Crippen LogP contribution in [0.15, 0.2) is 35.1 Å². The number of nitrogens with zero attached hydrogens (tertiary/aromatic N) is 1. The van der Waals surface area contributed by atoms with Crippen molar-refractivity contribution in [1.29, 1.82) is 0 Å². The van der Waals surface area contributed by atoms with Crippen LogP contribution >= 0.6 is 0 Å². The van der Waals surface area contributed by atoms with Crippen LogP contribution in [-0.2, 0) is 13.2 Å². The molecule has 120 valence electrons. The van der Waals surface area contributed by atoms with Gasteiger partial charge in [0, 0.05) is 24.7 Å². The van der Waals surface area contributed by atoms with Gasteiger partial charge in [-0.2, -0.15) is 0 Å². The van der Waals surface area contributed by atoms with Crippen molar-refractivity contribution in [3.63, 3.8) is 0 Å². The molecule has 0 aliphatic carbocycles. The van der Waals surface area contributed by atoms with Crippen molar-refractivity contribution in [3.05, 3.63) is 57.5 Å². The second kappa shape index (κ2) is 5.62. The van der Waals surface area contributed by atoms with Crippen LogP contribution in [0.3, 0.4) is 0 Å². The summed E-state index contributed by atoms with van der Waals surface area (Å²) in [6, 6.07) is 9.97. The Morgan fingerprint density at radius 3 is 2.91 bits per heavy atom. The molecule has 2 aliphatic heterocycles. The molecule has 3 heterocycles. The van der Waals surface area contributed by atoms with Gasteiger partial charge >= 0.3 is 0 Å². The van der Waals surface area contributed by atoms with Crippen molar-refractivity contribution in [3.8, 4) is 11.1 Å². The Morgan fingerprint density at radius 2 is 2.13 bits per heavy atom. The first-order valence-electron chi connectivity index (χ1n) is 8.33. The van der Waals surface area contributed by atoms with E-state index in [1.807, 2.05) is 35.8 Å². The number of fused-ring (bicyclic) bond motifs is 4. The Balaban J connectivity index is 1.96. The van der Waals surface area contributed by atoms with Gasteiger partial charge in [0.1, 0.15) is 0 Å². The summed E-state index contributed by atoms with van der Waals surface area (Å²) in [6.07, 6.45) is 1.14. The fraction of sp³-hybridized carbons (Fsp3) is 0.421. The molecule has 2 aliphatic rings. The molecular weight excluding hydrogens is 288 g/mol. The van der Waals surface area contributed by atoms with Crippen LogP contribution in [0.25, 0.3) is 11.1 Å². The van der Waals surface area contributed by atoms with Crippen LogP contribution in [0, 0.1) is 12.8 Å². The molecule has 4 nitrogen and oxygen atoms in total. The van der Waals surface area contributed by atoms with Gasteiger partial charge in [0.2, 0.25) is 0 Å². The van der Waals surface area contributed by atoms with Gasteiger partial charge in [-0.05, 0) is 48.6 Å². The predicted octanol–water partition coefficient (Wildman–Crippen LogP) is 2.02. The van der Waals surface area contributed by atoms with E-state index in [4.69, 9.17) is 0 Å². The highest BCUT2D eigenvalue weighted by molar-refractivity contribution is 5.70. The van der Waals surface area contributed by atoms with Gasteiger partial charge in [0.05, 0.1) is 12.2 Å². The van der Waals surface area contributed by atoms with Crippen molar-refractivity contribution < 1.29 is 5.11 Å². The standard InChI is InChI=1S/C19H22N2O2/c1-12-4-2-3-5-16(12)18-15(11-22)7-17-14-6-13(8-20-9-14)10-21(17)19(18)23/h2-5,7,13-14,20,22H,6,8-11H2,1H3. The zero-order valence-electron chi connectivity index (χ0n) is 13.4. The number of pyridine rings is 1. The van der Waals surface area contributed by atoms with Crippen molar-refractivity contribution in [2.75, 3.05) is 13.1 Å². The maximum atomic E-state index is 13.2. The third kappa shape index (κ3) is 2.33. The van der Waals surface area contributed by atoms with Gasteiger partial charge in [-0.15, -0.1) is 0 Å². The highest BCUT2D eigenvalue weighted by Gasteiger charge is 2.32. The first-order chi connectivity index (χ1) is 11.2. The molecule has 1 fully saturated rings. The van der Waals surface area contributed by atoms with E-state index in [2.05, 4.69) is 11.4 Å². The second-order valence-electron chi connectivity index (χ2n) is 6.82. The average Bonchev–Trinajstić information content (AvgIpc) is 2.57. The number of benzene rings is 1. The van der Waals surface area contributed by atoms with Crippen LogP contribution in [0.1, 0.15) is 29.2 Å². The quantitative estimate of drug-likeness (QED) is 0.892. The molecule has 1 aromatic carbocycles. The SMILES string of the molecule is Cc1ccccc1-c1c(CO)cc2n(c1=O)CC1CNCC2C1. The van der Waals surface area contributed by atoms with Gasteiger partial charge in [0.25, 0.3) is 5.56 Å². The number of nitrogens with one attached hydrogen (secondary N) is 1. The highest BCUT2D eigenvalue weighted by atomic mass is 16.3. The smallest absolute Gasteiger partial charge is 0.259 e. The van der Waals surface area contributed by atoms with E-state index in [-0.39, 0.29) is 12.2 Å². The van der Waals surface area contributed by atoms with Gasteiger partial charge in [-0.1, -0.05) is 24.3 Å². The predicted molar refractivity (Wildman–Crippen MR) is 90.5 cm³/mol. The summed E-state index contributed by atoms with van der Waals surface area (Å²) in [5.41, 5.74) is 4.56. The third-order valence-corrected chi connectivity index (χ3v) is 5.30. The molecule has 1 saturated heterocycles. The summed E-state index contributed by atoms with van der Waals surface area (Å²) in [7, 11) is 0.